The molecule has 32 heavy (non-hydrogen) atoms. The highest BCUT2D eigenvalue weighted by molar-refractivity contribution is 7.81. The van der Waals surface area contributed by atoms with Gasteiger partial charge in [0, 0.05) is 14.2 Å². The quantitative estimate of drug-likeness (QED) is 0.526. The summed E-state index contributed by atoms with van der Waals surface area (Å²) < 4.78 is 63.2. The van der Waals surface area contributed by atoms with E-state index in [2.05, 4.69) is 0 Å². The second-order valence-corrected chi connectivity index (χ2v) is 9.05. The molecule has 0 spiro atoms. The zero-order valence-corrected chi connectivity index (χ0v) is 19.2. The van der Waals surface area contributed by atoms with E-state index in [4.69, 9.17) is 32.1 Å². The van der Waals surface area contributed by atoms with Gasteiger partial charge in [-0.15, -0.1) is 0 Å². The van der Waals surface area contributed by atoms with Crippen molar-refractivity contribution >= 4 is 10.4 Å². The van der Waals surface area contributed by atoms with E-state index in [1.807, 2.05) is 30.3 Å². The molecule has 2 heterocycles. The van der Waals surface area contributed by atoms with Crippen LogP contribution in [0, 0.1) is 0 Å². The predicted octanol–water partition coefficient (Wildman–Crippen LogP) is 0.0944. The van der Waals surface area contributed by atoms with Gasteiger partial charge in [0.05, 0.1) is 19.8 Å². The van der Waals surface area contributed by atoms with Crippen molar-refractivity contribution in [2.24, 2.45) is 0 Å². The Morgan fingerprint density at radius 3 is 2.31 bits per heavy atom. The first-order valence-corrected chi connectivity index (χ1v) is 11.4. The number of aliphatic hydroxyl groups is 2. The summed E-state index contributed by atoms with van der Waals surface area (Å²) in [6, 6.07) is 9.24. The molecule has 2 aliphatic rings. The number of hydrogen-bond acceptors (Lipinski definition) is 11. The largest absolute Gasteiger partial charge is 0.400 e. The van der Waals surface area contributed by atoms with E-state index in [-0.39, 0.29) is 13.2 Å². The third-order valence-corrected chi connectivity index (χ3v) is 6.70. The van der Waals surface area contributed by atoms with Gasteiger partial charge < -0.3 is 33.9 Å². The van der Waals surface area contributed by atoms with Gasteiger partial charge in [-0.3, -0.25) is 0 Å². The Morgan fingerprint density at radius 2 is 1.72 bits per heavy atom. The van der Waals surface area contributed by atoms with Crippen molar-refractivity contribution in [1.82, 2.24) is 0 Å². The predicted molar refractivity (Wildman–Crippen MR) is 108 cm³/mol. The van der Waals surface area contributed by atoms with Gasteiger partial charge in [0.1, 0.15) is 30.5 Å². The van der Waals surface area contributed by atoms with E-state index >= 15 is 0 Å². The monoisotopic (exact) mass is 478 g/mol. The van der Waals surface area contributed by atoms with Gasteiger partial charge in [-0.2, -0.15) is 8.42 Å². The molecule has 0 amide bonds. The fraction of sp³-hybridized carbons (Fsp3) is 0.700. The van der Waals surface area contributed by atoms with E-state index in [1.54, 1.807) is 6.92 Å². The van der Waals surface area contributed by atoms with Crippen LogP contribution >= 0.6 is 0 Å². The van der Waals surface area contributed by atoms with Crippen molar-refractivity contribution in [3.8, 4) is 0 Å². The first-order valence-electron chi connectivity index (χ1n) is 10.1. The van der Waals surface area contributed by atoms with Crippen molar-refractivity contribution in [2.45, 2.75) is 62.5 Å². The van der Waals surface area contributed by atoms with Crippen LogP contribution in [0.15, 0.2) is 30.3 Å². The molecule has 3 rings (SSSR count). The van der Waals surface area contributed by atoms with Crippen molar-refractivity contribution < 1.29 is 50.7 Å². The minimum atomic E-state index is -4.36. The molecule has 2 aliphatic heterocycles. The molecule has 0 aromatic heterocycles. The van der Waals surface area contributed by atoms with Gasteiger partial charge in [0.25, 0.3) is 0 Å². The molecule has 1 aromatic carbocycles. The Kier molecular flexibility index (Phi) is 7.93. The van der Waals surface area contributed by atoms with Crippen molar-refractivity contribution in [1.29, 1.82) is 0 Å². The lowest BCUT2D eigenvalue weighted by atomic mass is 9.94. The van der Waals surface area contributed by atoms with Crippen LogP contribution < -0.4 is 0 Å². The molecule has 2 unspecified atom stereocenters. The maximum absolute atomic E-state index is 12.1. The SMILES string of the molecule is COC1(C)O[C@H]([C@H]2OS(=O)(=O)OC[C@H]2OCc2ccccc2)[C@@H]([C@H](O)CO)OC1(C)OC. The van der Waals surface area contributed by atoms with Crippen LogP contribution in [0.5, 0.6) is 0 Å². The number of aliphatic hydroxyl groups excluding tert-OH is 2. The Hall–Kier alpha value is -1.19. The Balaban J connectivity index is 1.93. The lowest BCUT2D eigenvalue weighted by Gasteiger charge is -2.54. The first-order chi connectivity index (χ1) is 15.1. The van der Waals surface area contributed by atoms with E-state index in [1.165, 1.54) is 21.1 Å². The number of methoxy groups -OCH3 is 2. The normalized spacial score (nSPS) is 38.3. The Morgan fingerprint density at radius 1 is 1.09 bits per heavy atom. The van der Waals surface area contributed by atoms with Crippen molar-refractivity contribution in [3.63, 3.8) is 0 Å². The molecule has 2 saturated heterocycles. The lowest BCUT2D eigenvalue weighted by molar-refractivity contribution is -0.461. The van der Waals surface area contributed by atoms with Gasteiger partial charge in [-0.05, 0) is 19.4 Å². The summed E-state index contributed by atoms with van der Waals surface area (Å²) in [6.45, 7) is 2.20. The van der Waals surface area contributed by atoms with Crippen LogP contribution in [-0.2, 0) is 49.1 Å². The van der Waals surface area contributed by atoms with Crippen LogP contribution in [0.2, 0.25) is 0 Å². The molecule has 11 nitrogen and oxygen atoms in total. The number of hydrogen-bond donors (Lipinski definition) is 2. The maximum Gasteiger partial charge on any atom is 0.400 e. The summed E-state index contributed by atoms with van der Waals surface area (Å²) in [5.74, 6) is -3.02. The summed E-state index contributed by atoms with van der Waals surface area (Å²) in [5.41, 5.74) is 0.848. The smallest absolute Gasteiger partial charge is 0.394 e. The number of benzene rings is 1. The molecular formula is C20H30O11S. The van der Waals surface area contributed by atoms with Gasteiger partial charge >= 0.3 is 10.4 Å². The second-order valence-electron chi connectivity index (χ2n) is 7.80. The summed E-state index contributed by atoms with van der Waals surface area (Å²) in [4.78, 5) is 0. The molecule has 12 heteroatoms. The molecule has 0 saturated carbocycles. The van der Waals surface area contributed by atoms with E-state index in [0.717, 1.165) is 5.56 Å². The van der Waals surface area contributed by atoms with Crippen LogP contribution in [-0.4, -0.2) is 88.2 Å². The summed E-state index contributed by atoms with van der Waals surface area (Å²) in [7, 11) is -1.63. The topological polar surface area (TPSA) is 139 Å². The van der Waals surface area contributed by atoms with Crippen molar-refractivity contribution in [2.75, 3.05) is 27.4 Å². The average Bonchev–Trinajstić information content (AvgIpc) is 2.79. The zero-order valence-electron chi connectivity index (χ0n) is 18.4. The highest BCUT2D eigenvalue weighted by atomic mass is 32.3. The molecule has 0 radical (unpaired) electrons. The third-order valence-electron chi connectivity index (χ3n) is 5.82. The van der Waals surface area contributed by atoms with Crippen LogP contribution in [0.1, 0.15) is 19.4 Å². The zero-order chi connectivity index (χ0) is 23.6. The highest BCUT2D eigenvalue weighted by Gasteiger charge is 2.61. The molecule has 7 atom stereocenters. The average molecular weight is 479 g/mol. The fourth-order valence-electron chi connectivity index (χ4n) is 3.65. The van der Waals surface area contributed by atoms with Crippen LogP contribution in [0.4, 0.5) is 0 Å². The van der Waals surface area contributed by atoms with Crippen molar-refractivity contribution in [3.05, 3.63) is 35.9 Å². The molecular weight excluding hydrogens is 448 g/mol. The molecule has 2 fully saturated rings. The minimum absolute atomic E-state index is 0.146. The Labute approximate surface area is 187 Å². The Bertz CT molecular complexity index is 850. The highest BCUT2D eigenvalue weighted by Crippen LogP contribution is 2.42. The van der Waals surface area contributed by atoms with Gasteiger partial charge in [-0.25, -0.2) is 8.37 Å². The summed E-state index contributed by atoms with van der Waals surface area (Å²) in [6.07, 6.45) is -6.10. The van der Waals surface area contributed by atoms with Gasteiger partial charge in [-0.1, -0.05) is 30.3 Å². The van der Waals surface area contributed by atoms with Crippen LogP contribution in [0.25, 0.3) is 0 Å². The summed E-state index contributed by atoms with van der Waals surface area (Å²) in [5, 5.41) is 20.0. The third kappa shape index (κ3) is 5.14. The maximum atomic E-state index is 12.1. The second kappa shape index (κ2) is 9.97. The molecule has 2 N–H and O–H groups in total. The molecule has 0 bridgehead atoms. The lowest BCUT2D eigenvalue weighted by Crippen LogP contribution is -2.71. The standard InChI is InChI=1S/C20H30O11S/c1-19(25-3)20(2,26-4)30-18(16(29-19)14(22)10-21)17-15(12-28-32(23,24)31-17)27-11-13-8-6-5-7-9-13/h5-9,14-18,21-22H,10-12H2,1-4H3/t14-,15-,16-,17+,18+,19?,20?/m1/s1. The molecule has 182 valence electrons. The van der Waals surface area contributed by atoms with Gasteiger partial charge in [0.15, 0.2) is 0 Å². The summed E-state index contributed by atoms with van der Waals surface area (Å²) >= 11 is 0. The fourth-order valence-corrected chi connectivity index (χ4v) is 4.51. The minimum Gasteiger partial charge on any atom is -0.394 e. The van der Waals surface area contributed by atoms with Gasteiger partial charge in [0.2, 0.25) is 11.6 Å². The number of ether oxygens (including phenoxy) is 5. The molecule has 1 aromatic rings. The van der Waals surface area contributed by atoms with E-state index < -0.39 is 59.1 Å². The first kappa shape index (κ1) is 25.4. The van der Waals surface area contributed by atoms with Crippen LogP contribution in [0.3, 0.4) is 0 Å². The van der Waals surface area contributed by atoms with E-state index in [9.17, 15) is 18.6 Å². The molecule has 0 aliphatic carbocycles. The number of rotatable bonds is 8. The van der Waals surface area contributed by atoms with E-state index in [0.29, 0.717) is 0 Å².